The summed E-state index contributed by atoms with van der Waals surface area (Å²) in [4.78, 5) is 4.14. The summed E-state index contributed by atoms with van der Waals surface area (Å²) in [5, 5.41) is 7.11. The maximum atomic E-state index is 5.88. The maximum Gasteiger partial charge on any atom is 0.191 e. The van der Waals surface area contributed by atoms with Gasteiger partial charge in [-0.3, -0.25) is 4.99 Å². The van der Waals surface area contributed by atoms with Gasteiger partial charge in [-0.15, -0.1) is 0 Å². The summed E-state index contributed by atoms with van der Waals surface area (Å²) in [6.07, 6.45) is 0. The van der Waals surface area contributed by atoms with Crippen LogP contribution in [0.4, 0.5) is 0 Å². The summed E-state index contributed by atoms with van der Waals surface area (Å²) >= 11 is 5.88. The molecule has 0 atom stereocenters. The predicted octanol–water partition coefficient (Wildman–Crippen LogP) is 2.54. The molecule has 1 aromatic rings. The van der Waals surface area contributed by atoms with E-state index in [1.807, 2.05) is 18.2 Å². The molecule has 106 valence electrons. The highest BCUT2D eigenvalue weighted by Crippen LogP contribution is 2.16. The Balaban J connectivity index is 2.22. The lowest BCUT2D eigenvalue weighted by Gasteiger charge is -2.13. The molecule has 0 aliphatic rings. The summed E-state index contributed by atoms with van der Waals surface area (Å²) in [5.41, 5.74) is 0. The molecular weight excluding hydrogens is 262 g/mol. The number of hydrogen-bond donors (Lipinski definition) is 2. The van der Waals surface area contributed by atoms with Crippen molar-refractivity contribution in [1.29, 1.82) is 0 Å². The van der Waals surface area contributed by atoms with E-state index in [-0.39, 0.29) is 0 Å². The molecule has 0 bridgehead atoms. The molecule has 0 fully saturated rings. The Morgan fingerprint density at radius 3 is 2.79 bits per heavy atom. The van der Waals surface area contributed by atoms with E-state index >= 15 is 0 Å². The number of nitrogens with one attached hydrogen (secondary N) is 2. The average Bonchev–Trinajstić information content (AvgIpc) is 2.38. The number of guanidine groups is 1. The molecule has 2 N–H and O–H groups in total. The van der Waals surface area contributed by atoms with Crippen LogP contribution in [0.2, 0.25) is 5.02 Å². The molecule has 5 heteroatoms. The lowest BCUT2D eigenvalue weighted by atomic mass is 10.2. The highest BCUT2D eigenvalue weighted by atomic mass is 35.5. The first-order valence-corrected chi connectivity index (χ1v) is 6.82. The summed E-state index contributed by atoms with van der Waals surface area (Å²) in [6.45, 7) is 6.45. The van der Waals surface area contributed by atoms with Gasteiger partial charge in [0.05, 0.1) is 6.54 Å². The van der Waals surface area contributed by atoms with E-state index in [0.717, 1.165) is 18.3 Å². The highest BCUT2D eigenvalue weighted by molar-refractivity contribution is 6.30. The van der Waals surface area contributed by atoms with Crippen molar-refractivity contribution in [3.63, 3.8) is 0 Å². The fourth-order valence-electron chi connectivity index (χ4n) is 1.42. The van der Waals surface area contributed by atoms with Crippen molar-refractivity contribution >= 4 is 17.6 Å². The van der Waals surface area contributed by atoms with Gasteiger partial charge in [-0.25, -0.2) is 0 Å². The van der Waals surface area contributed by atoms with Gasteiger partial charge in [-0.05, 0) is 24.1 Å². The molecule has 1 aromatic carbocycles. The van der Waals surface area contributed by atoms with Gasteiger partial charge in [0, 0.05) is 18.6 Å². The molecule has 0 aliphatic heterocycles. The SMILES string of the molecule is CN=C(NCCOc1cccc(Cl)c1)NCC(C)C. The van der Waals surface area contributed by atoms with Crippen molar-refractivity contribution in [2.75, 3.05) is 26.7 Å². The summed E-state index contributed by atoms with van der Waals surface area (Å²) in [6, 6.07) is 7.38. The Kier molecular flexibility index (Phi) is 7.11. The standard InChI is InChI=1S/C14H22ClN3O/c1-11(2)10-18-14(16-3)17-7-8-19-13-6-4-5-12(15)9-13/h4-6,9,11H,7-8,10H2,1-3H3,(H2,16,17,18). The molecule has 0 saturated carbocycles. The summed E-state index contributed by atoms with van der Waals surface area (Å²) in [5.74, 6) is 2.16. The summed E-state index contributed by atoms with van der Waals surface area (Å²) in [7, 11) is 1.76. The van der Waals surface area contributed by atoms with Gasteiger partial charge in [0.2, 0.25) is 0 Å². The minimum absolute atomic E-state index is 0.558. The Hall–Kier alpha value is -1.42. The Morgan fingerprint density at radius 1 is 1.37 bits per heavy atom. The largest absolute Gasteiger partial charge is 0.492 e. The minimum Gasteiger partial charge on any atom is -0.492 e. The first kappa shape index (κ1) is 15.6. The molecule has 0 saturated heterocycles. The third-order valence-corrected chi connectivity index (χ3v) is 2.60. The number of hydrogen-bond acceptors (Lipinski definition) is 2. The van der Waals surface area contributed by atoms with Gasteiger partial charge in [0.15, 0.2) is 5.96 Å². The van der Waals surface area contributed by atoms with Crippen molar-refractivity contribution in [3.05, 3.63) is 29.3 Å². The second-order valence-electron chi connectivity index (χ2n) is 4.58. The monoisotopic (exact) mass is 283 g/mol. The van der Waals surface area contributed by atoms with Crippen LogP contribution in [0.5, 0.6) is 5.75 Å². The van der Waals surface area contributed by atoms with Crippen LogP contribution >= 0.6 is 11.6 Å². The molecule has 0 aliphatic carbocycles. The fraction of sp³-hybridized carbons (Fsp3) is 0.500. The zero-order valence-corrected chi connectivity index (χ0v) is 12.5. The molecule has 1 rings (SSSR count). The van der Waals surface area contributed by atoms with Gasteiger partial charge in [-0.2, -0.15) is 0 Å². The highest BCUT2D eigenvalue weighted by Gasteiger charge is 1.99. The lowest BCUT2D eigenvalue weighted by Crippen LogP contribution is -2.40. The van der Waals surface area contributed by atoms with Crippen LogP contribution in [0.15, 0.2) is 29.3 Å². The fourth-order valence-corrected chi connectivity index (χ4v) is 1.60. The second-order valence-corrected chi connectivity index (χ2v) is 5.02. The van der Waals surface area contributed by atoms with E-state index in [9.17, 15) is 0 Å². The number of rotatable bonds is 6. The van der Waals surface area contributed by atoms with E-state index in [1.165, 1.54) is 0 Å². The average molecular weight is 284 g/mol. The van der Waals surface area contributed by atoms with Crippen molar-refractivity contribution in [1.82, 2.24) is 10.6 Å². The van der Waals surface area contributed by atoms with E-state index < -0.39 is 0 Å². The van der Waals surface area contributed by atoms with Crippen LogP contribution in [-0.4, -0.2) is 32.7 Å². The zero-order chi connectivity index (χ0) is 14.1. The van der Waals surface area contributed by atoms with Gasteiger partial charge >= 0.3 is 0 Å². The Morgan fingerprint density at radius 2 is 2.16 bits per heavy atom. The molecule has 0 heterocycles. The van der Waals surface area contributed by atoms with Crippen molar-refractivity contribution in [3.8, 4) is 5.75 Å². The second kappa shape index (κ2) is 8.64. The Labute approximate surface area is 120 Å². The third kappa shape index (κ3) is 6.91. The molecule has 0 amide bonds. The Bertz CT molecular complexity index is 407. The van der Waals surface area contributed by atoms with Gasteiger partial charge in [-0.1, -0.05) is 31.5 Å². The molecule has 19 heavy (non-hydrogen) atoms. The first-order valence-electron chi connectivity index (χ1n) is 6.44. The number of ether oxygens (including phenoxy) is 1. The maximum absolute atomic E-state index is 5.88. The first-order chi connectivity index (χ1) is 9.11. The number of nitrogens with zero attached hydrogens (tertiary/aromatic N) is 1. The van der Waals surface area contributed by atoms with Crippen LogP contribution in [0, 0.1) is 5.92 Å². The number of benzene rings is 1. The van der Waals surface area contributed by atoms with Crippen molar-refractivity contribution in [2.45, 2.75) is 13.8 Å². The van der Waals surface area contributed by atoms with E-state index in [2.05, 4.69) is 29.5 Å². The quantitative estimate of drug-likeness (QED) is 0.479. The smallest absolute Gasteiger partial charge is 0.191 e. The van der Waals surface area contributed by atoms with E-state index in [4.69, 9.17) is 16.3 Å². The van der Waals surface area contributed by atoms with Gasteiger partial charge in [0.25, 0.3) is 0 Å². The van der Waals surface area contributed by atoms with Gasteiger partial charge in [0.1, 0.15) is 12.4 Å². The number of halogens is 1. The predicted molar refractivity (Wildman–Crippen MR) is 81.1 cm³/mol. The zero-order valence-electron chi connectivity index (χ0n) is 11.7. The van der Waals surface area contributed by atoms with E-state index in [0.29, 0.717) is 24.1 Å². The van der Waals surface area contributed by atoms with Crippen LogP contribution < -0.4 is 15.4 Å². The molecule has 0 aromatic heterocycles. The summed E-state index contributed by atoms with van der Waals surface area (Å²) < 4.78 is 5.58. The van der Waals surface area contributed by atoms with Crippen molar-refractivity contribution in [2.24, 2.45) is 10.9 Å². The van der Waals surface area contributed by atoms with Crippen molar-refractivity contribution < 1.29 is 4.74 Å². The molecule has 0 radical (unpaired) electrons. The molecular formula is C14H22ClN3O. The minimum atomic E-state index is 0.558. The van der Waals surface area contributed by atoms with E-state index in [1.54, 1.807) is 13.1 Å². The van der Waals surface area contributed by atoms with Crippen LogP contribution in [0.3, 0.4) is 0 Å². The van der Waals surface area contributed by atoms with Crippen LogP contribution in [-0.2, 0) is 0 Å². The van der Waals surface area contributed by atoms with Crippen LogP contribution in [0.1, 0.15) is 13.8 Å². The molecule has 0 unspecified atom stereocenters. The molecule has 0 spiro atoms. The topological polar surface area (TPSA) is 45.7 Å². The van der Waals surface area contributed by atoms with Gasteiger partial charge < -0.3 is 15.4 Å². The lowest BCUT2D eigenvalue weighted by molar-refractivity contribution is 0.322. The van der Waals surface area contributed by atoms with Crippen LogP contribution in [0.25, 0.3) is 0 Å². The third-order valence-electron chi connectivity index (χ3n) is 2.36. The molecule has 4 nitrogen and oxygen atoms in total. The number of aliphatic imine (C=N–C) groups is 1. The normalized spacial score (nSPS) is 11.5.